The molecule has 0 saturated heterocycles. The molecule has 0 rings (SSSR count). The molecule has 0 aromatic heterocycles. The van der Waals surface area contributed by atoms with Gasteiger partial charge < -0.3 is 0 Å². The Morgan fingerprint density at radius 1 is 1.75 bits per heavy atom. The van der Waals surface area contributed by atoms with Crippen molar-refractivity contribution in [3.8, 4) is 0 Å². The van der Waals surface area contributed by atoms with Crippen molar-refractivity contribution >= 4 is 30.2 Å². The van der Waals surface area contributed by atoms with Crippen LogP contribution in [0.2, 0.25) is 0 Å². The summed E-state index contributed by atoms with van der Waals surface area (Å²) in [6, 6.07) is 0. The van der Waals surface area contributed by atoms with E-state index in [0.29, 0.717) is 0 Å². The van der Waals surface area contributed by atoms with Crippen molar-refractivity contribution in [2.24, 2.45) is 5.92 Å². The smallest absolute Gasteiger partial charge is 0.00720 e. The number of thiocarbonyl (C=S) groups is 1. The maximum absolute atomic E-state index is 4.67. The molecule has 0 aliphatic heterocycles. The van der Waals surface area contributed by atoms with Crippen LogP contribution in [0.1, 0.15) is 19.8 Å². The van der Waals surface area contributed by atoms with Gasteiger partial charge >= 0.3 is 0 Å². The summed E-state index contributed by atoms with van der Waals surface area (Å²) in [5.74, 6) is 1.70. The number of rotatable bonds is 4. The van der Waals surface area contributed by atoms with Crippen LogP contribution in [0.25, 0.3) is 0 Å². The second kappa shape index (κ2) is 5.57. The Morgan fingerprint density at radius 2 is 2.38 bits per heavy atom. The van der Waals surface area contributed by atoms with E-state index in [2.05, 4.69) is 31.8 Å². The summed E-state index contributed by atoms with van der Waals surface area (Å²) in [4.78, 5) is 0. The van der Waals surface area contributed by atoms with Crippen molar-refractivity contribution in [1.29, 1.82) is 0 Å². The fourth-order valence-corrected chi connectivity index (χ4v) is 0.763. The first-order chi connectivity index (χ1) is 3.81. The molecular weight excluding hydrogens is 136 g/mol. The van der Waals surface area contributed by atoms with Gasteiger partial charge in [0.15, 0.2) is 0 Å². The summed E-state index contributed by atoms with van der Waals surface area (Å²) < 4.78 is 0. The fraction of sp³-hybridized carbons (Fsp3) is 0.833. The van der Waals surface area contributed by atoms with Crippen LogP contribution >= 0.6 is 24.8 Å². The lowest BCUT2D eigenvalue weighted by Gasteiger charge is -2.02. The Balaban J connectivity index is 2.97. The summed E-state index contributed by atoms with van der Waals surface area (Å²) in [5.41, 5.74) is 0. The third-order valence-electron chi connectivity index (χ3n) is 1.09. The average Bonchev–Trinajstić information content (AvgIpc) is 1.83. The lowest BCUT2D eigenvalue weighted by molar-refractivity contribution is 0.619. The molecular formula is C6H12S2. The molecule has 0 aromatic carbocycles. The molecule has 0 radical (unpaired) electrons. The highest BCUT2D eigenvalue weighted by molar-refractivity contribution is 7.80. The molecule has 0 fully saturated rings. The van der Waals surface area contributed by atoms with E-state index in [1.807, 2.05) is 0 Å². The monoisotopic (exact) mass is 148 g/mol. The minimum Gasteiger partial charge on any atom is -0.179 e. The van der Waals surface area contributed by atoms with E-state index in [1.165, 1.54) is 6.42 Å². The van der Waals surface area contributed by atoms with Crippen LogP contribution < -0.4 is 0 Å². The van der Waals surface area contributed by atoms with Crippen molar-refractivity contribution in [1.82, 2.24) is 0 Å². The fourth-order valence-electron chi connectivity index (χ4n) is 0.444. The first-order valence-corrected chi connectivity index (χ1v) is 3.96. The second-order valence-corrected chi connectivity index (χ2v) is 2.73. The van der Waals surface area contributed by atoms with Gasteiger partial charge in [-0.05, 0) is 29.9 Å². The van der Waals surface area contributed by atoms with Gasteiger partial charge in [-0.3, -0.25) is 0 Å². The van der Waals surface area contributed by atoms with Gasteiger partial charge in [-0.1, -0.05) is 19.1 Å². The summed E-state index contributed by atoms with van der Waals surface area (Å²) in [7, 11) is 0. The van der Waals surface area contributed by atoms with Crippen LogP contribution in [-0.2, 0) is 0 Å². The highest BCUT2D eigenvalue weighted by Gasteiger charge is 1.94. The lowest BCUT2D eigenvalue weighted by Crippen LogP contribution is -1.94. The van der Waals surface area contributed by atoms with Gasteiger partial charge in [0.1, 0.15) is 0 Å². The number of hydrogen-bond acceptors (Lipinski definition) is 2. The second-order valence-electron chi connectivity index (χ2n) is 2.03. The van der Waals surface area contributed by atoms with Gasteiger partial charge in [0.05, 0.1) is 0 Å². The summed E-state index contributed by atoms with van der Waals surface area (Å²) >= 11 is 8.81. The third-order valence-corrected chi connectivity index (χ3v) is 1.95. The van der Waals surface area contributed by atoms with Crippen LogP contribution in [0.5, 0.6) is 0 Å². The molecule has 0 N–H and O–H groups in total. The van der Waals surface area contributed by atoms with Crippen LogP contribution in [0, 0.1) is 5.92 Å². The average molecular weight is 148 g/mol. The standard InChI is InChI=1S/C6H12S2/c1-6(5-8)3-2-4-7/h4,6,8H,2-3,5H2,1H3/t6-/m0/s1. The molecule has 0 aliphatic rings. The third kappa shape index (κ3) is 4.60. The van der Waals surface area contributed by atoms with E-state index in [1.54, 1.807) is 5.37 Å². The molecule has 0 heterocycles. The number of hydrogen-bond donors (Lipinski definition) is 1. The van der Waals surface area contributed by atoms with Crippen molar-refractivity contribution in [3.05, 3.63) is 0 Å². The van der Waals surface area contributed by atoms with Crippen LogP contribution in [0.3, 0.4) is 0 Å². The van der Waals surface area contributed by atoms with Crippen molar-refractivity contribution in [2.75, 3.05) is 5.75 Å². The highest BCUT2D eigenvalue weighted by atomic mass is 32.1. The van der Waals surface area contributed by atoms with Gasteiger partial charge in [0.2, 0.25) is 0 Å². The van der Waals surface area contributed by atoms with Crippen LogP contribution in [0.4, 0.5) is 0 Å². The molecule has 0 amide bonds. The molecule has 1 atom stereocenters. The topological polar surface area (TPSA) is 0 Å². The quantitative estimate of drug-likeness (QED) is 0.471. The van der Waals surface area contributed by atoms with Gasteiger partial charge in [0.25, 0.3) is 0 Å². The summed E-state index contributed by atoms with van der Waals surface area (Å²) in [6.07, 6.45) is 2.24. The number of thiol groups is 1. The normalized spacial score (nSPS) is 13.2. The van der Waals surface area contributed by atoms with Crippen LogP contribution in [-0.4, -0.2) is 11.1 Å². The molecule has 0 bridgehead atoms. The molecule has 0 aliphatic carbocycles. The zero-order valence-electron chi connectivity index (χ0n) is 5.13. The summed E-state index contributed by atoms with van der Waals surface area (Å²) in [5, 5.41) is 1.79. The highest BCUT2D eigenvalue weighted by Crippen LogP contribution is 2.04. The zero-order chi connectivity index (χ0) is 6.41. The largest absolute Gasteiger partial charge is 0.179 e. The van der Waals surface area contributed by atoms with Crippen molar-refractivity contribution in [2.45, 2.75) is 19.8 Å². The molecule has 0 unspecified atom stereocenters. The Kier molecular flexibility index (Phi) is 5.88. The molecule has 0 aromatic rings. The minimum absolute atomic E-state index is 0.720. The molecule has 0 nitrogen and oxygen atoms in total. The predicted molar refractivity (Wildman–Crippen MR) is 45.9 cm³/mol. The van der Waals surface area contributed by atoms with E-state index in [0.717, 1.165) is 18.1 Å². The van der Waals surface area contributed by atoms with Gasteiger partial charge in [-0.15, -0.1) is 0 Å². The maximum atomic E-state index is 4.67. The molecule has 0 saturated carbocycles. The Bertz CT molecular complexity index is 61.5. The van der Waals surface area contributed by atoms with Gasteiger partial charge in [-0.25, -0.2) is 0 Å². The maximum Gasteiger partial charge on any atom is -0.00720 e. The van der Waals surface area contributed by atoms with Gasteiger partial charge in [0, 0.05) is 0 Å². The molecule has 2 heteroatoms. The van der Waals surface area contributed by atoms with E-state index < -0.39 is 0 Å². The first-order valence-electron chi connectivity index (χ1n) is 2.85. The molecule has 8 heavy (non-hydrogen) atoms. The van der Waals surface area contributed by atoms with E-state index in [-0.39, 0.29) is 0 Å². The summed E-state index contributed by atoms with van der Waals surface area (Å²) in [6.45, 7) is 2.19. The SMILES string of the molecule is C[C@H](CS)CCC=S. The Labute approximate surface area is 62.1 Å². The van der Waals surface area contributed by atoms with E-state index in [4.69, 9.17) is 0 Å². The Morgan fingerprint density at radius 3 is 2.75 bits per heavy atom. The zero-order valence-corrected chi connectivity index (χ0v) is 6.84. The lowest BCUT2D eigenvalue weighted by atomic mass is 10.1. The molecule has 0 spiro atoms. The van der Waals surface area contributed by atoms with E-state index >= 15 is 0 Å². The van der Waals surface area contributed by atoms with Crippen molar-refractivity contribution in [3.63, 3.8) is 0 Å². The Hall–Kier alpha value is 0.440. The first kappa shape index (κ1) is 8.44. The molecule has 48 valence electrons. The predicted octanol–water partition coefficient (Wildman–Crippen LogP) is 2.33. The van der Waals surface area contributed by atoms with Crippen LogP contribution in [0.15, 0.2) is 0 Å². The van der Waals surface area contributed by atoms with E-state index in [9.17, 15) is 0 Å². The minimum atomic E-state index is 0.720. The van der Waals surface area contributed by atoms with Gasteiger partial charge in [-0.2, -0.15) is 12.6 Å². The van der Waals surface area contributed by atoms with Crippen molar-refractivity contribution < 1.29 is 0 Å².